The van der Waals surface area contributed by atoms with Gasteiger partial charge in [-0.3, -0.25) is 0 Å². The fraction of sp³-hybridized carbons (Fsp3) is 0.467. The van der Waals surface area contributed by atoms with Gasteiger partial charge < -0.3 is 5.73 Å². The van der Waals surface area contributed by atoms with Gasteiger partial charge in [-0.15, -0.1) is 5.10 Å². The van der Waals surface area contributed by atoms with Crippen LogP contribution in [-0.2, 0) is 6.42 Å². The highest BCUT2D eigenvalue weighted by Crippen LogP contribution is 2.22. The van der Waals surface area contributed by atoms with Crippen LogP contribution in [0, 0.1) is 13.8 Å². The van der Waals surface area contributed by atoms with Gasteiger partial charge in [-0.2, -0.15) is 0 Å². The fourth-order valence-electron chi connectivity index (χ4n) is 2.27. The van der Waals surface area contributed by atoms with Crippen molar-refractivity contribution >= 4 is 0 Å². The summed E-state index contributed by atoms with van der Waals surface area (Å²) in [5, 5.41) is 8.61. The van der Waals surface area contributed by atoms with Crippen molar-refractivity contribution in [2.45, 2.75) is 46.6 Å². The Labute approximate surface area is 114 Å². The molecule has 0 fully saturated rings. The molecule has 1 unspecified atom stereocenters. The van der Waals surface area contributed by atoms with E-state index < -0.39 is 0 Å². The Balaban J connectivity index is 2.56. The Bertz CT molecular complexity index is 572. The van der Waals surface area contributed by atoms with Crippen LogP contribution in [0.25, 0.3) is 5.69 Å². The number of benzene rings is 1. The monoisotopic (exact) mass is 258 g/mol. The van der Waals surface area contributed by atoms with Crippen LogP contribution in [0.4, 0.5) is 0 Å². The van der Waals surface area contributed by atoms with Crippen molar-refractivity contribution in [1.29, 1.82) is 0 Å². The predicted octanol–water partition coefficient (Wildman–Crippen LogP) is 2.86. The van der Waals surface area contributed by atoms with Crippen molar-refractivity contribution in [3.8, 4) is 5.69 Å². The molecule has 19 heavy (non-hydrogen) atoms. The Morgan fingerprint density at radius 2 is 2.00 bits per heavy atom. The van der Waals surface area contributed by atoms with E-state index in [0.717, 1.165) is 29.9 Å². The molecule has 0 bridgehead atoms. The summed E-state index contributed by atoms with van der Waals surface area (Å²) in [6.07, 6.45) is 1.75. The van der Waals surface area contributed by atoms with Crippen LogP contribution in [0.15, 0.2) is 18.2 Å². The van der Waals surface area contributed by atoms with Crippen molar-refractivity contribution in [1.82, 2.24) is 15.0 Å². The predicted molar refractivity (Wildman–Crippen MR) is 77.4 cm³/mol. The maximum absolute atomic E-state index is 6.11. The van der Waals surface area contributed by atoms with Crippen molar-refractivity contribution in [2.24, 2.45) is 5.73 Å². The molecule has 4 heteroatoms. The molecule has 2 rings (SSSR count). The number of nitrogens with two attached hydrogens (primary N) is 1. The van der Waals surface area contributed by atoms with Gasteiger partial charge >= 0.3 is 0 Å². The summed E-state index contributed by atoms with van der Waals surface area (Å²) in [7, 11) is 0. The van der Waals surface area contributed by atoms with Gasteiger partial charge in [0.05, 0.1) is 17.4 Å². The highest BCUT2D eigenvalue weighted by atomic mass is 15.4. The average Bonchev–Trinajstić information content (AvgIpc) is 2.84. The van der Waals surface area contributed by atoms with E-state index in [4.69, 9.17) is 5.73 Å². The van der Waals surface area contributed by atoms with E-state index in [0.29, 0.717) is 0 Å². The van der Waals surface area contributed by atoms with E-state index >= 15 is 0 Å². The third-order valence-electron chi connectivity index (χ3n) is 3.51. The lowest BCUT2D eigenvalue weighted by atomic mass is 10.1. The summed E-state index contributed by atoms with van der Waals surface area (Å²) in [5.74, 6) is 0. The van der Waals surface area contributed by atoms with Crippen LogP contribution in [0.2, 0.25) is 0 Å². The second-order valence-electron chi connectivity index (χ2n) is 4.99. The average molecular weight is 258 g/mol. The molecule has 2 aromatic rings. The van der Waals surface area contributed by atoms with Gasteiger partial charge in [0.2, 0.25) is 0 Å². The first-order chi connectivity index (χ1) is 9.08. The molecule has 4 nitrogen and oxygen atoms in total. The first kappa shape index (κ1) is 13.7. The Kier molecular flexibility index (Phi) is 4.00. The molecule has 1 aromatic heterocycles. The molecule has 2 N–H and O–H groups in total. The maximum Gasteiger partial charge on any atom is 0.103 e. The van der Waals surface area contributed by atoms with Gasteiger partial charge in [0, 0.05) is 0 Å². The molecular formula is C15H22N4. The minimum Gasteiger partial charge on any atom is -0.323 e. The summed E-state index contributed by atoms with van der Waals surface area (Å²) in [6, 6.07) is 6.34. The number of hydrogen-bond donors (Lipinski definition) is 1. The zero-order valence-electron chi connectivity index (χ0n) is 12.1. The number of aryl methyl sites for hydroxylation is 2. The summed E-state index contributed by atoms with van der Waals surface area (Å²) in [5.41, 5.74) is 11.7. The molecule has 0 aliphatic rings. The number of hydrogen-bond acceptors (Lipinski definition) is 3. The largest absolute Gasteiger partial charge is 0.323 e. The Morgan fingerprint density at radius 1 is 1.26 bits per heavy atom. The fourth-order valence-corrected chi connectivity index (χ4v) is 2.27. The number of aromatic nitrogens is 3. The van der Waals surface area contributed by atoms with Gasteiger partial charge in [0.15, 0.2) is 0 Å². The van der Waals surface area contributed by atoms with Gasteiger partial charge in [-0.25, -0.2) is 4.68 Å². The molecule has 0 amide bonds. The molecule has 1 heterocycles. The molecule has 0 aliphatic heterocycles. The van der Waals surface area contributed by atoms with Crippen LogP contribution >= 0.6 is 0 Å². The standard InChI is InChI=1S/C15H22N4/c1-5-12(16)15-13(6-2)19(18-17-15)14-9-10(3)7-8-11(14)4/h7-9,12H,5-6,16H2,1-4H3. The van der Waals surface area contributed by atoms with Crippen molar-refractivity contribution in [2.75, 3.05) is 0 Å². The van der Waals surface area contributed by atoms with Gasteiger partial charge in [0.25, 0.3) is 0 Å². The highest BCUT2D eigenvalue weighted by Gasteiger charge is 2.18. The summed E-state index contributed by atoms with van der Waals surface area (Å²) in [6.45, 7) is 8.37. The molecule has 0 aliphatic carbocycles. The quantitative estimate of drug-likeness (QED) is 0.917. The lowest BCUT2D eigenvalue weighted by Crippen LogP contribution is -2.12. The molecule has 0 radical (unpaired) electrons. The summed E-state index contributed by atoms with van der Waals surface area (Å²) < 4.78 is 1.94. The van der Waals surface area contributed by atoms with E-state index in [-0.39, 0.29) is 6.04 Å². The summed E-state index contributed by atoms with van der Waals surface area (Å²) >= 11 is 0. The lowest BCUT2D eigenvalue weighted by molar-refractivity contribution is 0.665. The van der Waals surface area contributed by atoms with Crippen LogP contribution in [0.1, 0.15) is 48.8 Å². The first-order valence-electron chi connectivity index (χ1n) is 6.86. The van der Waals surface area contributed by atoms with Gasteiger partial charge in [-0.05, 0) is 43.9 Å². The molecule has 0 saturated carbocycles. The zero-order valence-corrected chi connectivity index (χ0v) is 12.1. The Morgan fingerprint density at radius 3 is 2.63 bits per heavy atom. The van der Waals surface area contributed by atoms with E-state index in [1.54, 1.807) is 0 Å². The summed E-state index contributed by atoms with van der Waals surface area (Å²) in [4.78, 5) is 0. The third-order valence-corrected chi connectivity index (χ3v) is 3.51. The number of rotatable bonds is 4. The molecule has 1 aromatic carbocycles. The molecule has 0 spiro atoms. The Hall–Kier alpha value is -1.68. The van der Waals surface area contributed by atoms with E-state index in [2.05, 4.69) is 56.2 Å². The molecule has 0 saturated heterocycles. The van der Waals surface area contributed by atoms with Crippen LogP contribution in [0.3, 0.4) is 0 Å². The van der Waals surface area contributed by atoms with E-state index in [9.17, 15) is 0 Å². The first-order valence-corrected chi connectivity index (χ1v) is 6.86. The molecular weight excluding hydrogens is 236 g/mol. The van der Waals surface area contributed by atoms with Gasteiger partial charge in [0.1, 0.15) is 5.69 Å². The SMILES string of the molecule is CCc1c(C(N)CC)nnn1-c1cc(C)ccc1C. The smallest absolute Gasteiger partial charge is 0.103 e. The topological polar surface area (TPSA) is 56.7 Å². The van der Waals surface area contributed by atoms with E-state index in [1.807, 2.05) is 4.68 Å². The normalized spacial score (nSPS) is 12.7. The second kappa shape index (κ2) is 5.53. The third kappa shape index (κ3) is 2.54. The van der Waals surface area contributed by atoms with Crippen LogP contribution in [-0.4, -0.2) is 15.0 Å². The van der Waals surface area contributed by atoms with Gasteiger partial charge in [-0.1, -0.05) is 31.2 Å². The minimum atomic E-state index is -0.0335. The van der Waals surface area contributed by atoms with Crippen molar-refractivity contribution in [3.63, 3.8) is 0 Å². The lowest BCUT2D eigenvalue weighted by Gasteiger charge is -2.11. The molecule has 102 valence electrons. The van der Waals surface area contributed by atoms with E-state index in [1.165, 1.54) is 11.1 Å². The number of nitrogens with zero attached hydrogens (tertiary/aromatic N) is 3. The zero-order chi connectivity index (χ0) is 14.0. The maximum atomic E-state index is 6.11. The van der Waals surface area contributed by atoms with Crippen LogP contribution < -0.4 is 5.73 Å². The van der Waals surface area contributed by atoms with Crippen LogP contribution in [0.5, 0.6) is 0 Å². The molecule has 1 atom stereocenters. The van der Waals surface area contributed by atoms with Crippen molar-refractivity contribution in [3.05, 3.63) is 40.7 Å². The minimum absolute atomic E-state index is 0.0335. The van der Waals surface area contributed by atoms with Crippen molar-refractivity contribution < 1.29 is 0 Å². The second-order valence-corrected chi connectivity index (χ2v) is 4.99. The highest BCUT2D eigenvalue weighted by molar-refractivity contribution is 5.44.